The fraction of sp³-hybridized carbons (Fsp3) is 0.250. The van der Waals surface area contributed by atoms with Crippen molar-refractivity contribution in [1.82, 2.24) is 4.98 Å². The van der Waals surface area contributed by atoms with Crippen LogP contribution in [0.3, 0.4) is 0 Å². The first kappa shape index (κ1) is 10.5. The van der Waals surface area contributed by atoms with E-state index in [9.17, 15) is 18.4 Å². The molecule has 0 aliphatic rings. The number of halogens is 2. The van der Waals surface area contributed by atoms with Crippen LogP contribution >= 0.6 is 0 Å². The molecule has 0 spiro atoms. The zero-order valence-corrected chi connectivity index (χ0v) is 7.09. The summed E-state index contributed by atoms with van der Waals surface area (Å²) in [4.78, 5) is 23.5. The number of aldehydes is 1. The van der Waals surface area contributed by atoms with Crippen molar-refractivity contribution in [3.8, 4) is 0 Å². The van der Waals surface area contributed by atoms with Gasteiger partial charge in [0.1, 0.15) is 0 Å². The van der Waals surface area contributed by atoms with Crippen LogP contribution in [0.15, 0.2) is 10.9 Å². The molecule has 1 heterocycles. The maximum Gasteiger partial charge on any atom is 0.265 e. The molecule has 6 heteroatoms. The van der Waals surface area contributed by atoms with Crippen molar-refractivity contribution >= 4 is 6.29 Å². The molecular formula is C8H8F2N2O2. The lowest BCUT2D eigenvalue weighted by Gasteiger charge is -2.04. The monoisotopic (exact) mass is 202 g/mol. The first-order chi connectivity index (χ1) is 6.60. The number of aromatic amines is 1. The fourth-order valence-electron chi connectivity index (χ4n) is 1.04. The van der Waals surface area contributed by atoms with E-state index in [2.05, 4.69) is 0 Å². The Balaban J connectivity index is 3.40. The van der Waals surface area contributed by atoms with E-state index in [1.165, 1.54) is 0 Å². The number of nitrogens with one attached hydrogen (secondary N) is 1. The molecule has 0 saturated carbocycles. The van der Waals surface area contributed by atoms with Gasteiger partial charge < -0.3 is 10.7 Å². The number of hydrogen-bond acceptors (Lipinski definition) is 3. The molecule has 1 aromatic heterocycles. The number of pyridine rings is 1. The topological polar surface area (TPSA) is 76.0 Å². The molecule has 0 bridgehead atoms. The predicted molar refractivity (Wildman–Crippen MR) is 45.3 cm³/mol. The van der Waals surface area contributed by atoms with Gasteiger partial charge in [0.2, 0.25) is 0 Å². The number of H-pyrrole nitrogens is 1. The Kier molecular flexibility index (Phi) is 3.08. The minimum absolute atomic E-state index is 0.0332. The van der Waals surface area contributed by atoms with E-state index in [4.69, 9.17) is 5.73 Å². The number of carbonyl (C=O) groups excluding carboxylic acids is 1. The van der Waals surface area contributed by atoms with Crippen LogP contribution in [0.2, 0.25) is 0 Å². The second-order valence-electron chi connectivity index (χ2n) is 2.62. The largest absolute Gasteiger partial charge is 0.326 e. The maximum absolute atomic E-state index is 12.3. The summed E-state index contributed by atoms with van der Waals surface area (Å²) in [6, 6.07) is 0.952. The molecule has 0 aromatic carbocycles. The standard InChI is InChI=1S/C8H8F2N2O2/c9-7(10)5-1-4(2-11)8(14)12-6(5)3-13/h1,3,7H,2,11H2,(H,12,14). The van der Waals surface area contributed by atoms with Gasteiger partial charge in [0.25, 0.3) is 12.0 Å². The summed E-state index contributed by atoms with van der Waals surface area (Å²) >= 11 is 0. The molecule has 0 aliphatic heterocycles. The molecular weight excluding hydrogens is 194 g/mol. The van der Waals surface area contributed by atoms with Crippen molar-refractivity contribution in [3.05, 3.63) is 33.2 Å². The summed E-state index contributed by atoms with van der Waals surface area (Å²) in [6.07, 6.45) is -2.62. The quantitative estimate of drug-likeness (QED) is 0.704. The lowest BCUT2D eigenvalue weighted by molar-refractivity contribution is 0.110. The van der Waals surface area contributed by atoms with Crippen LogP contribution in [0.5, 0.6) is 0 Å². The van der Waals surface area contributed by atoms with Crippen molar-refractivity contribution in [1.29, 1.82) is 0 Å². The van der Waals surface area contributed by atoms with Crippen LogP contribution in [0.1, 0.15) is 28.0 Å². The van der Waals surface area contributed by atoms with Crippen LogP contribution in [0.25, 0.3) is 0 Å². The molecule has 3 N–H and O–H groups in total. The summed E-state index contributed by atoms with van der Waals surface area (Å²) in [6.45, 7) is -0.145. The van der Waals surface area contributed by atoms with Gasteiger partial charge in [-0.3, -0.25) is 9.59 Å². The van der Waals surface area contributed by atoms with E-state index in [1.54, 1.807) is 0 Å². The van der Waals surface area contributed by atoms with Crippen molar-refractivity contribution in [2.45, 2.75) is 13.0 Å². The Hall–Kier alpha value is -1.56. The zero-order chi connectivity index (χ0) is 10.7. The van der Waals surface area contributed by atoms with E-state index < -0.39 is 23.2 Å². The number of carbonyl (C=O) groups is 1. The van der Waals surface area contributed by atoms with Gasteiger partial charge in [-0.2, -0.15) is 0 Å². The van der Waals surface area contributed by atoms with Crippen LogP contribution in [-0.2, 0) is 6.54 Å². The van der Waals surface area contributed by atoms with Gasteiger partial charge >= 0.3 is 0 Å². The highest BCUT2D eigenvalue weighted by atomic mass is 19.3. The zero-order valence-electron chi connectivity index (χ0n) is 7.09. The lowest BCUT2D eigenvalue weighted by Crippen LogP contribution is -2.19. The molecule has 1 aromatic rings. The van der Waals surface area contributed by atoms with E-state index in [1.807, 2.05) is 4.98 Å². The smallest absolute Gasteiger partial charge is 0.265 e. The summed E-state index contributed by atoms with van der Waals surface area (Å²) in [5, 5.41) is 0. The minimum Gasteiger partial charge on any atom is -0.326 e. The maximum atomic E-state index is 12.3. The molecule has 0 radical (unpaired) electrons. The molecule has 0 amide bonds. The Bertz CT molecular complexity index is 401. The summed E-state index contributed by atoms with van der Waals surface area (Å²) in [7, 11) is 0. The second-order valence-corrected chi connectivity index (χ2v) is 2.62. The molecule has 14 heavy (non-hydrogen) atoms. The number of alkyl halides is 2. The normalized spacial score (nSPS) is 10.6. The number of aromatic nitrogens is 1. The Labute approximate surface area is 77.7 Å². The van der Waals surface area contributed by atoms with Crippen molar-refractivity contribution in [2.24, 2.45) is 5.73 Å². The Morgan fingerprint density at radius 2 is 2.21 bits per heavy atom. The predicted octanol–water partition coefficient (Wildman–Crippen LogP) is 0.584. The average molecular weight is 202 g/mol. The van der Waals surface area contributed by atoms with Gasteiger partial charge in [0, 0.05) is 17.7 Å². The lowest BCUT2D eigenvalue weighted by atomic mass is 10.1. The van der Waals surface area contributed by atoms with Crippen molar-refractivity contribution < 1.29 is 13.6 Å². The van der Waals surface area contributed by atoms with E-state index >= 15 is 0 Å². The Morgan fingerprint density at radius 1 is 1.57 bits per heavy atom. The van der Waals surface area contributed by atoms with Crippen molar-refractivity contribution in [3.63, 3.8) is 0 Å². The van der Waals surface area contributed by atoms with Gasteiger partial charge in [-0.15, -0.1) is 0 Å². The highest BCUT2D eigenvalue weighted by Gasteiger charge is 2.15. The number of hydrogen-bond donors (Lipinski definition) is 2. The third kappa shape index (κ3) is 1.85. The summed E-state index contributed by atoms with van der Waals surface area (Å²) < 4.78 is 24.7. The van der Waals surface area contributed by atoms with Gasteiger partial charge in [-0.1, -0.05) is 0 Å². The van der Waals surface area contributed by atoms with Gasteiger partial charge in [0.05, 0.1) is 5.69 Å². The highest BCUT2D eigenvalue weighted by molar-refractivity contribution is 5.74. The first-order valence-corrected chi connectivity index (χ1v) is 3.79. The molecule has 76 valence electrons. The van der Waals surface area contributed by atoms with Gasteiger partial charge in [-0.05, 0) is 6.07 Å². The molecule has 4 nitrogen and oxygen atoms in total. The number of rotatable bonds is 3. The van der Waals surface area contributed by atoms with E-state index in [0.717, 1.165) is 6.07 Å². The SMILES string of the molecule is NCc1cc(C(F)F)c(C=O)[nH]c1=O. The molecule has 0 unspecified atom stereocenters. The average Bonchev–Trinajstić information content (AvgIpc) is 2.16. The molecule has 0 fully saturated rings. The van der Waals surface area contributed by atoms with Crippen molar-refractivity contribution in [2.75, 3.05) is 0 Å². The van der Waals surface area contributed by atoms with Gasteiger partial charge in [0.15, 0.2) is 6.29 Å². The van der Waals surface area contributed by atoms with Crippen LogP contribution in [-0.4, -0.2) is 11.3 Å². The summed E-state index contributed by atoms with van der Waals surface area (Å²) in [5.41, 5.74) is 3.68. The summed E-state index contributed by atoms with van der Waals surface area (Å²) in [5.74, 6) is 0. The van der Waals surface area contributed by atoms with Gasteiger partial charge in [-0.25, -0.2) is 8.78 Å². The second kappa shape index (κ2) is 4.10. The third-order valence-corrected chi connectivity index (χ3v) is 1.75. The molecule has 0 saturated heterocycles. The Morgan fingerprint density at radius 3 is 2.64 bits per heavy atom. The molecule has 0 aliphatic carbocycles. The first-order valence-electron chi connectivity index (χ1n) is 3.79. The van der Waals surface area contributed by atoms with E-state index in [0.29, 0.717) is 0 Å². The van der Waals surface area contributed by atoms with Crippen LogP contribution < -0.4 is 11.3 Å². The van der Waals surface area contributed by atoms with Crippen LogP contribution in [0.4, 0.5) is 8.78 Å². The molecule has 0 atom stereocenters. The highest BCUT2D eigenvalue weighted by Crippen LogP contribution is 2.20. The molecule has 1 rings (SSSR count). The fourth-order valence-corrected chi connectivity index (χ4v) is 1.04. The minimum atomic E-state index is -2.81. The van der Waals surface area contributed by atoms with Crippen LogP contribution in [0, 0.1) is 0 Å². The third-order valence-electron chi connectivity index (χ3n) is 1.75. The number of nitrogens with two attached hydrogens (primary N) is 1. The van der Waals surface area contributed by atoms with E-state index in [-0.39, 0.29) is 18.4 Å².